The van der Waals surface area contributed by atoms with Gasteiger partial charge >= 0.3 is 7.60 Å². The van der Waals surface area contributed by atoms with Crippen molar-refractivity contribution in [3.05, 3.63) is 29.8 Å². The quantitative estimate of drug-likeness (QED) is 0.806. The molecule has 0 aromatic heterocycles. The molecule has 0 unspecified atom stereocenters. The average Bonchev–Trinajstić information content (AvgIpc) is 2.37. The summed E-state index contributed by atoms with van der Waals surface area (Å²) in [5.41, 5.74) is 0.423. The van der Waals surface area contributed by atoms with Crippen molar-refractivity contribution in [2.24, 2.45) is 0 Å². The van der Waals surface area contributed by atoms with Crippen molar-refractivity contribution in [3.63, 3.8) is 0 Å². The minimum atomic E-state index is -3.52. The van der Waals surface area contributed by atoms with E-state index in [4.69, 9.17) is 13.8 Å². The molecule has 1 aromatic rings. The minimum absolute atomic E-state index is 0.423. The van der Waals surface area contributed by atoms with E-state index in [1.807, 2.05) is 0 Å². The number of aliphatic hydroxyl groups is 1. The van der Waals surface area contributed by atoms with Gasteiger partial charge in [0.15, 0.2) is 5.85 Å². The first-order valence-corrected chi connectivity index (χ1v) is 6.21. The Balaban J connectivity index is 3.03. The van der Waals surface area contributed by atoms with Gasteiger partial charge in [0.25, 0.3) is 0 Å². The molecular formula is C10H15O5P. The van der Waals surface area contributed by atoms with E-state index < -0.39 is 13.4 Å². The Morgan fingerprint density at radius 1 is 1.25 bits per heavy atom. The molecule has 0 radical (unpaired) electrons. The summed E-state index contributed by atoms with van der Waals surface area (Å²) in [4.78, 5) is 0. The summed E-state index contributed by atoms with van der Waals surface area (Å²) in [7, 11) is 0.447. The fraction of sp³-hybridized carbons (Fsp3) is 0.400. The third-order valence-corrected chi connectivity index (χ3v) is 4.12. The molecule has 0 fully saturated rings. The van der Waals surface area contributed by atoms with E-state index in [0.29, 0.717) is 11.3 Å². The lowest BCUT2D eigenvalue weighted by molar-refractivity contribution is 0.176. The first-order chi connectivity index (χ1) is 7.57. The summed E-state index contributed by atoms with van der Waals surface area (Å²) in [5, 5.41) is 9.89. The second-order valence-electron chi connectivity index (χ2n) is 3.06. The SMILES string of the molecule is COc1cccc([C@@H](O)P(=O)(OC)OC)c1. The van der Waals surface area contributed by atoms with Gasteiger partial charge < -0.3 is 18.9 Å². The predicted molar refractivity (Wildman–Crippen MR) is 59.6 cm³/mol. The molecule has 5 nitrogen and oxygen atoms in total. The van der Waals surface area contributed by atoms with E-state index in [1.54, 1.807) is 24.3 Å². The Morgan fingerprint density at radius 3 is 2.38 bits per heavy atom. The molecule has 16 heavy (non-hydrogen) atoms. The number of rotatable bonds is 5. The van der Waals surface area contributed by atoms with Crippen LogP contribution in [0.1, 0.15) is 11.4 Å². The van der Waals surface area contributed by atoms with Crippen LogP contribution in [-0.4, -0.2) is 26.4 Å². The number of hydrogen-bond donors (Lipinski definition) is 1. The lowest BCUT2D eigenvalue weighted by atomic mass is 10.2. The summed E-state index contributed by atoms with van der Waals surface area (Å²) >= 11 is 0. The van der Waals surface area contributed by atoms with Gasteiger partial charge in [-0.25, -0.2) is 0 Å². The van der Waals surface area contributed by atoms with Gasteiger partial charge in [0.2, 0.25) is 0 Å². The van der Waals surface area contributed by atoms with E-state index in [9.17, 15) is 9.67 Å². The molecule has 1 N–H and O–H groups in total. The van der Waals surface area contributed by atoms with Crippen LogP contribution >= 0.6 is 7.60 Å². The largest absolute Gasteiger partial charge is 0.497 e. The van der Waals surface area contributed by atoms with Crippen LogP contribution in [0.25, 0.3) is 0 Å². The normalized spacial score (nSPS) is 13.5. The Labute approximate surface area is 94.5 Å². The van der Waals surface area contributed by atoms with Gasteiger partial charge in [-0.05, 0) is 17.7 Å². The van der Waals surface area contributed by atoms with E-state index >= 15 is 0 Å². The van der Waals surface area contributed by atoms with E-state index in [1.165, 1.54) is 21.3 Å². The molecule has 1 atom stereocenters. The van der Waals surface area contributed by atoms with Gasteiger partial charge in [-0.3, -0.25) is 4.57 Å². The molecule has 6 heteroatoms. The first kappa shape index (κ1) is 13.2. The third-order valence-electron chi connectivity index (χ3n) is 2.20. The monoisotopic (exact) mass is 246 g/mol. The summed E-state index contributed by atoms with van der Waals surface area (Å²) in [6.07, 6.45) is 0. The fourth-order valence-corrected chi connectivity index (χ4v) is 2.33. The molecule has 0 aliphatic heterocycles. The van der Waals surface area contributed by atoms with Crippen molar-refractivity contribution in [1.82, 2.24) is 0 Å². The third kappa shape index (κ3) is 2.62. The lowest BCUT2D eigenvalue weighted by Gasteiger charge is -2.20. The topological polar surface area (TPSA) is 65.0 Å². The van der Waals surface area contributed by atoms with Crippen LogP contribution in [0.3, 0.4) is 0 Å². The maximum atomic E-state index is 11.9. The molecule has 0 saturated carbocycles. The molecule has 0 amide bonds. The van der Waals surface area contributed by atoms with E-state index in [0.717, 1.165) is 0 Å². The summed E-state index contributed by atoms with van der Waals surface area (Å²) in [5.74, 6) is -0.757. The highest BCUT2D eigenvalue weighted by Crippen LogP contribution is 2.58. The van der Waals surface area contributed by atoms with Crippen LogP contribution in [0.2, 0.25) is 0 Å². The minimum Gasteiger partial charge on any atom is -0.497 e. The number of benzene rings is 1. The molecule has 1 aromatic carbocycles. The Hall–Kier alpha value is -0.870. The Kier molecular flexibility index (Phi) is 4.50. The fourth-order valence-electron chi connectivity index (χ4n) is 1.26. The van der Waals surface area contributed by atoms with Crippen LogP contribution in [-0.2, 0) is 13.6 Å². The number of hydrogen-bond acceptors (Lipinski definition) is 5. The Morgan fingerprint density at radius 2 is 1.88 bits per heavy atom. The van der Waals surface area contributed by atoms with Gasteiger partial charge in [-0.1, -0.05) is 12.1 Å². The maximum absolute atomic E-state index is 11.9. The number of ether oxygens (including phenoxy) is 1. The number of methoxy groups -OCH3 is 1. The second kappa shape index (κ2) is 5.46. The van der Waals surface area contributed by atoms with Crippen molar-refractivity contribution in [3.8, 4) is 5.75 Å². The zero-order valence-electron chi connectivity index (χ0n) is 9.41. The smallest absolute Gasteiger partial charge is 0.362 e. The van der Waals surface area contributed by atoms with Crippen molar-refractivity contribution >= 4 is 7.60 Å². The molecule has 0 aliphatic rings. The van der Waals surface area contributed by atoms with Crippen LogP contribution in [0.5, 0.6) is 5.75 Å². The van der Waals surface area contributed by atoms with Gasteiger partial charge in [0, 0.05) is 14.2 Å². The number of aliphatic hydroxyl groups excluding tert-OH is 1. The molecule has 0 saturated heterocycles. The van der Waals surface area contributed by atoms with Gasteiger partial charge in [0.05, 0.1) is 7.11 Å². The molecule has 1 rings (SSSR count). The molecule has 0 spiro atoms. The summed E-state index contributed by atoms with van der Waals surface area (Å²) < 4.78 is 26.4. The van der Waals surface area contributed by atoms with Crippen molar-refractivity contribution in [2.45, 2.75) is 5.85 Å². The zero-order chi connectivity index (χ0) is 12.2. The van der Waals surface area contributed by atoms with Crippen LogP contribution in [0, 0.1) is 0 Å². The van der Waals surface area contributed by atoms with Gasteiger partial charge in [-0.15, -0.1) is 0 Å². The van der Waals surface area contributed by atoms with Crippen LogP contribution in [0.15, 0.2) is 24.3 Å². The van der Waals surface area contributed by atoms with Crippen molar-refractivity contribution < 1.29 is 23.5 Å². The van der Waals surface area contributed by atoms with Crippen molar-refractivity contribution in [1.29, 1.82) is 0 Å². The molecule has 0 heterocycles. The first-order valence-electron chi connectivity index (χ1n) is 4.60. The predicted octanol–water partition coefficient (Wildman–Crippen LogP) is 2.17. The van der Waals surface area contributed by atoms with Gasteiger partial charge in [0.1, 0.15) is 5.75 Å². The van der Waals surface area contributed by atoms with Gasteiger partial charge in [-0.2, -0.15) is 0 Å². The van der Waals surface area contributed by atoms with E-state index in [2.05, 4.69) is 0 Å². The highest BCUT2D eigenvalue weighted by atomic mass is 31.2. The molecular weight excluding hydrogens is 231 g/mol. The highest BCUT2D eigenvalue weighted by molar-refractivity contribution is 7.53. The molecule has 0 aliphatic carbocycles. The van der Waals surface area contributed by atoms with Crippen molar-refractivity contribution in [2.75, 3.05) is 21.3 Å². The Bertz CT molecular complexity index is 385. The molecule has 0 bridgehead atoms. The van der Waals surface area contributed by atoms with E-state index in [-0.39, 0.29) is 0 Å². The van der Waals surface area contributed by atoms with Crippen LogP contribution < -0.4 is 4.74 Å². The second-order valence-corrected chi connectivity index (χ2v) is 5.35. The summed E-state index contributed by atoms with van der Waals surface area (Å²) in [6.45, 7) is 0. The highest BCUT2D eigenvalue weighted by Gasteiger charge is 2.33. The maximum Gasteiger partial charge on any atom is 0.362 e. The standard InChI is InChI=1S/C10H15O5P/c1-13-9-6-4-5-8(7-9)10(11)16(12,14-2)15-3/h4-7,10-11H,1-3H3/t10-/m0/s1. The van der Waals surface area contributed by atoms with Crippen LogP contribution in [0.4, 0.5) is 0 Å². The molecule has 90 valence electrons. The average molecular weight is 246 g/mol. The lowest BCUT2D eigenvalue weighted by Crippen LogP contribution is -2.02. The zero-order valence-corrected chi connectivity index (χ0v) is 10.3. The summed E-state index contributed by atoms with van der Waals surface area (Å²) in [6, 6.07) is 6.61.